The van der Waals surface area contributed by atoms with E-state index in [2.05, 4.69) is 24.4 Å². The molecule has 2 aliphatic rings. The zero-order valence-electron chi connectivity index (χ0n) is 16.8. The second-order valence-electron chi connectivity index (χ2n) is 7.56. The van der Waals surface area contributed by atoms with Crippen molar-refractivity contribution in [3.63, 3.8) is 0 Å². The van der Waals surface area contributed by atoms with Crippen molar-refractivity contribution in [1.82, 2.24) is 5.32 Å². The van der Waals surface area contributed by atoms with E-state index in [-0.39, 0.29) is 30.2 Å². The maximum atomic E-state index is 12.8. The molecule has 0 radical (unpaired) electrons. The molecule has 2 aliphatic heterocycles. The van der Waals surface area contributed by atoms with Gasteiger partial charge in [-0.05, 0) is 36.6 Å². The number of nitrogens with zero attached hydrogens (tertiary/aromatic N) is 1. The number of rotatable bonds is 5. The third-order valence-corrected chi connectivity index (χ3v) is 5.58. The van der Waals surface area contributed by atoms with E-state index < -0.39 is 0 Å². The molecule has 29 heavy (non-hydrogen) atoms. The molecule has 0 unspecified atom stereocenters. The summed E-state index contributed by atoms with van der Waals surface area (Å²) in [4.78, 5) is 27.0. The number of carbonyl (C=O) groups is 2. The molecular weight excluding hydrogens is 368 g/mol. The highest BCUT2D eigenvalue weighted by Gasteiger charge is 2.36. The molecule has 1 fully saturated rings. The van der Waals surface area contributed by atoms with Gasteiger partial charge in [0.15, 0.2) is 11.5 Å². The Hall–Kier alpha value is -3.02. The minimum atomic E-state index is -0.368. The quantitative estimate of drug-likeness (QED) is 0.845. The molecule has 1 N–H and O–H groups in total. The first-order chi connectivity index (χ1) is 14.0. The standard InChI is InChI=1S/C23H26N2O4/c1-3-16-4-6-17(7-5-16)15(2)24-23(27)18-12-22(26)25(14-18)19-8-9-20-21(13-19)29-11-10-28-20/h4-9,13,15,18H,3,10-12,14H2,1-2H3,(H,24,27)/t15-,18-/m0/s1. The Labute approximate surface area is 170 Å². The highest BCUT2D eigenvalue weighted by Crippen LogP contribution is 2.36. The molecule has 2 atom stereocenters. The first kappa shape index (κ1) is 19.3. The molecule has 0 saturated carbocycles. The van der Waals surface area contributed by atoms with Gasteiger partial charge in [0, 0.05) is 24.7 Å². The van der Waals surface area contributed by atoms with Gasteiger partial charge in [-0.2, -0.15) is 0 Å². The van der Waals surface area contributed by atoms with Crippen LogP contribution < -0.4 is 19.7 Å². The lowest BCUT2D eigenvalue weighted by molar-refractivity contribution is -0.126. The van der Waals surface area contributed by atoms with E-state index in [1.54, 1.807) is 4.90 Å². The molecular formula is C23H26N2O4. The second-order valence-corrected chi connectivity index (χ2v) is 7.56. The van der Waals surface area contributed by atoms with E-state index in [0.29, 0.717) is 31.3 Å². The Morgan fingerprint density at radius 2 is 1.86 bits per heavy atom. The summed E-state index contributed by atoms with van der Waals surface area (Å²) in [6.45, 7) is 5.47. The van der Waals surface area contributed by atoms with Crippen LogP contribution in [0.3, 0.4) is 0 Å². The average Bonchev–Trinajstić information content (AvgIpc) is 3.15. The summed E-state index contributed by atoms with van der Waals surface area (Å²) in [5.41, 5.74) is 3.06. The number of benzene rings is 2. The van der Waals surface area contributed by atoms with Gasteiger partial charge in [0.25, 0.3) is 0 Å². The van der Waals surface area contributed by atoms with Crippen LogP contribution in [0.1, 0.15) is 37.4 Å². The third kappa shape index (κ3) is 4.06. The van der Waals surface area contributed by atoms with Crippen molar-refractivity contribution in [2.45, 2.75) is 32.7 Å². The molecule has 152 valence electrons. The molecule has 6 heteroatoms. The monoisotopic (exact) mass is 394 g/mol. The SMILES string of the molecule is CCc1ccc([C@H](C)NC(=O)[C@H]2CC(=O)N(c3ccc4c(c3)OCCO4)C2)cc1. The number of hydrogen-bond donors (Lipinski definition) is 1. The number of fused-ring (bicyclic) bond motifs is 1. The molecule has 0 aromatic heterocycles. The van der Waals surface area contributed by atoms with E-state index in [1.165, 1.54) is 5.56 Å². The van der Waals surface area contributed by atoms with E-state index >= 15 is 0 Å². The van der Waals surface area contributed by atoms with Gasteiger partial charge < -0.3 is 19.7 Å². The van der Waals surface area contributed by atoms with E-state index in [0.717, 1.165) is 17.7 Å². The molecule has 2 aromatic carbocycles. The second kappa shape index (κ2) is 8.15. The van der Waals surface area contributed by atoms with Crippen LogP contribution in [0, 0.1) is 5.92 Å². The van der Waals surface area contributed by atoms with Gasteiger partial charge >= 0.3 is 0 Å². The Balaban J connectivity index is 1.41. The number of anilines is 1. The summed E-state index contributed by atoms with van der Waals surface area (Å²) in [5, 5.41) is 3.06. The van der Waals surface area contributed by atoms with Crippen molar-refractivity contribution in [2.75, 3.05) is 24.7 Å². The summed E-state index contributed by atoms with van der Waals surface area (Å²) >= 11 is 0. The molecule has 4 rings (SSSR count). The zero-order chi connectivity index (χ0) is 20.4. The van der Waals surface area contributed by atoms with Gasteiger partial charge in [0.2, 0.25) is 11.8 Å². The van der Waals surface area contributed by atoms with Crippen molar-refractivity contribution >= 4 is 17.5 Å². The number of amides is 2. The lowest BCUT2D eigenvalue weighted by atomic mass is 10.0. The first-order valence-electron chi connectivity index (χ1n) is 10.1. The van der Waals surface area contributed by atoms with Crippen molar-refractivity contribution in [2.24, 2.45) is 5.92 Å². The van der Waals surface area contributed by atoms with Crippen LogP contribution in [0.4, 0.5) is 5.69 Å². The van der Waals surface area contributed by atoms with Gasteiger partial charge in [-0.15, -0.1) is 0 Å². The largest absolute Gasteiger partial charge is 0.486 e. The maximum absolute atomic E-state index is 12.8. The zero-order valence-corrected chi connectivity index (χ0v) is 16.8. The average molecular weight is 394 g/mol. The minimum absolute atomic E-state index is 0.0539. The summed E-state index contributed by atoms with van der Waals surface area (Å²) < 4.78 is 11.1. The van der Waals surface area contributed by atoms with Crippen LogP contribution in [0.25, 0.3) is 0 Å². The predicted octanol–water partition coefficient (Wildman–Crippen LogP) is 3.25. The van der Waals surface area contributed by atoms with E-state index in [1.807, 2.05) is 37.3 Å². The van der Waals surface area contributed by atoms with Crippen molar-refractivity contribution in [3.8, 4) is 11.5 Å². The highest BCUT2D eigenvalue weighted by molar-refractivity contribution is 6.00. The number of carbonyl (C=O) groups excluding carboxylic acids is 2. The smallest absolute Gasteiger partial charge is 0.227 e. The first-order valence-corrected chi connectivity index (χ1v) is 10.1. The molecule has 1 saturated heterocycles. The van der Waals surface area contributed by atoms with Crippen LogP contribution in [0.15, 0.2) is 42.5 Å². The Bertz CT molecular complexity index is 910. The molecule has 0 aliphatic carbocycles. The summed E-state index contributed by atoms with van der Waals surface area (Å²) in [7, 11) is 0. The maximum Gasteiger partial charge on any atom is 0.227 e. The Kier molecular flexibility index (Phi) is 5.43. The van der Waals surface area contributed by atoms with Crippen molar-refractivity contribution < 1.29 is 19.1 Å². The van der Waals surface area contributed by atoms with E-state index in [9.17, 15) is 9.59 Å². The van der Waals surface area contributed by atoms with Crippen LogP contribution in [-0.4, -0.2) is 31.6 Å². The molecule has 2 aromatic rings. The van der Waals surface area contributed by atoms with Crippen LogP contribution in [-0.2, 0) is 16.0 Å². The number of aryl methyl sites for hydroxylation is 1. The van der Waals surface area contributed by atoms with Crippen LogP contribution in [0.5, 0.6) is 11.5 Å². The summed E-state index contributed by atoms with van der Waals surface area (Å²) in [5.74, 6) is 0.808. The van der Waals surface area contributed by atoms with Crippen LogP contribution in [0.2, 0.25) is 0 Å². The molecule has 2 amide bonds. The third-order valence-electron chi connectivity index (χ3n) is 5.58. The minimum Gasteiger partial charge on any atom is -0.486 e. The fourth-order valence-corrected chi connectivity index (χ4v) is 3.79. The van der Waals surface area contributed by atoms with Gasteiger partial charge in [-0.1, -0.05) is 31.2 Å². The molecule has 0 bridgehead atoms. The summed E-state index contributed by atoms with van der Waals surface area (Å²) in [6, 6.07) is 13.6. The number of hydrogen-bond acceptors (Lipinski definition) is 4. The lowest BCUT2D eigenvalue weighted by Crippen LogP contribution is -2.34. The molecule has 0 spiro atoms. The highest BCUT2D eigenvalue weighted by atomic mass is 16.6. The number of ether oxygens (including phenoxy) is 2. The van der Waals surface area contributed by atoms with Gasteiger partial charge in [-0.25, -0.2) is 0 Å². The topological polar surface area (TPSA) is 67.9 Å². The van der Waals surface area contributed by atoms with Crippen molar-refractivity contribution in [3.05, 3.63) is 53.6 Å². The predicted molar refractivity (Wildman–Crippen MR) is 110 cm³/mol. The van der Waals surface area contributed by atoms with Gasteiger partial charge in [-0.3, -0.25) is 9.59 Å². The molecule has 6 nitrogen and oxygen atoms in total. The lowest BCUT2D eigenvalue weighted by Gasteiger charge is -2.22. The molecule has 2 heterocycles. The Morgan fingerprint density at radius 1 is 1.14 bits per heavy atom. The fraction of sp³-hybridized carbons (Fsp3) is 0.391. The van der Waals surface area contributed by atoms with Gasteiger partial charge in [0.1, 0.15) is 13.2 Å². The number of nitrogens with one attached hydrogen (secondary N) is 1. The van der Waals surface area contributed by atoms with Crippen molar-refractivity contribution in [1.29, 1.82) is 0 Å². The fourth-order valence-electron chi connectivity index (χ4n) is 3.79. The van der Waals surface area contributed by atoms with Gasteiger partial charge in [0.05, 0.1) is 12.0 Å². The van der Waals surface area contributed by atoms with E-state index in [4.69, 9.17) is 9.47 Å². The Morgan fingerprint density at radius 3 is 2.59 bits per heavy atom. The van der Waals surface area contributed by atoms with Crippen LogP contribution >= 0.6 is 0 Å². The normalized spacial score (nSPS) is 19.2. The summed E-state index contributed by atoms with van der Waals surface area (Å²) in [6.07, 6.45) is 1.20.